The first kappa shape index (κ1) is 12.0. The number of rotatable bonds is 2. The molecule has 0 saturated carbocycles. The average molecular weight is 217 g/mol. The molecule has 15 heavy (non-hydrogen) atoms. The molecule has 1 nitrogen and oxygen atoms in total. The number of hydrogen-bond acceptors (Lipinski definition) is 1. The van der Waals surface area contributed by atoms with Gasteiger partial charge in [-0.3, -0.25) is 0 Å². The van der Waals surface area contributed by atoms with Crippen LogP contribution in [0.25, 0.3) is 0 Å². The molecule has 0 aromatic heterocycles. The van der Waals surface area contributed by atoms with Crippen LogP contribution in [0.1, 0.15) is 25.0 Å². The van der Waals surface area contributed by atoms with E-state index in [9.17, 15) is 18.3 Å². The Morgan fingerprint density at radius 1 is 1.07 bits per heavy atom. The molecule has 0 heterocycles. The van der Waals surface area contributed by atoms with Gasteiger partial charge in [0.15, 0.2) is 0 Å². The normalized spacial score (nSPS) is 12.9. The van der Waals surface area contributed by atoms with Gasteiger partial charge in [-0.05, 0) is 31.5 Å². The van der Waals surface area contributed by atoms with E-state index in [-0.39, 0.29) is 0 Å². The highest BCUT2D eigenvalue weighted by atomic mass is 19.4. The fourth-order valence-corrected chi connectivity index (χ4v) is 1.18. The smallest absolute Gasteiger partial charge is 0.390 e. The minimum Gasteiger partial charge on any atom is -0.390 e. The summed E-state index contributed by atoms with van der Waals surface area (Å²) in [6, 6.07) is 4.66. The minimum atomic E-state index is -4.31. The van der Waals surface area contributed by atoms with Gasteiger partial charge in [0.05, 0.1) is 11.2 Å². The first-order chi connectivity index (χ1) is 6.68. The molecule has 4 heteroatoms. The largest absolute Gasteiger partial charge is 0.416 e. The summed E-state index contributed by atoms with van der Waals surface area (Å²) in [5, 5.41) is 9.42. The number of benzene rings is 1. The number of hydrogen-bond donors (Lipinski definition) is 1. The van der Waals surface area contributed by atoms with Gasteiger partial charge in [-0.15, -0.1) is 0 Å². The summed E-state index contributed by atoms with van der Waals surface area (Å²) >= 11 is 0. The second-order valence-electron chi connectivity index (χ2n) is 3.92. The van der Waals surface area contributed by atoms with Crippen molar-refractivity contribution >= 4 is 0 Å². The quantitative estimate of drug-likeness (QED) is 0.807. The third kappa shape index (κ3) is 3.91. The first-order valence-corrected chi connectivity index (χ1v) is 4.44. The molecule has 1 aromatic rings. The molecule has 1 rings (SSSR count). The summed E-state index contributed by atoms with van der Waals surface area (Å²) < 4.78 is 36.6. The van der Waals surface area contributed by atoms with Gasteiger partial charge < -0.3 is 5.11 Å². The molecule has 0 unspecified atom stereocenters. The van der Waals surface area contributed by atoms with E-state index in [1.54, 1.807) is 13.8 Å². The van der Waals surface area contributed by atoms with Crippen LogP contribution in [0.2, 0.25) is 0 Å². The highest BCUT2D eigenvalue weighted by molar-refractivity contribution is 5.30. The van der Waals surface area contributed by atoms with Crippen molar-refractivity contribution in [3.63, 3.8) is 0 Å². The SMILES string of the molecule is CC(C)(O)[CH]c1ccc(C(F)(F)F)cc1. The Morgan fingerprint density at radius 2 is 1.53 bits per heavy atom. The molecular weight excluding hydrogens is 205 g/mol. The fraction of sp³-hybridized carbons (Fsp3) is 0.364. The summed E-state index contributed by atoms with van der Waals surface area (Å²) in [5.41, 5.74) is -1.15. The van der Waals surface area contributed by atoms with Crippen molar-refractivity contribution in [2.75, 3.05) is 0 Å². The average Bonchev–Trinajstić information content (AvgIpc) is 2.00. The monoisotopic (exact) mass is 217 g/mol. The Bertz CT molecular complexity index is 319. The predicted octanol–water partition coefficient (Wildman–Crippen LogP) is 3.03. The third-order valence-electron chi connectivity index (χ3n) is 1.76. The summed E-state index contributed by atoms with van der Waals surface area (Å²) in [6.45, 7) is 3.12. The van der Waals surface area contributed by atoms with Crippen LogP contribution in [-0.4, -0.2) is 10.7 Å². The molecule has 0 atom stereocenters. The number of aliphatic hydroxyl groups is 1. The molecule has 0 saturated heterocycles. The zero-order valence-corrected chi connectivity index (χ0v) is 8.47. The van der Waals surface area contributed by atoms with E-state index in [2.05, 4.69) is 0 Å². The predicted molar refractivity (Wildman–Crippen MR) is 51.1 cm³/mol. The van der Waals surface area contributed by atoms with Crippen molar-refractivity contribution in [1.82, 2.24) is 0 Å². The Kier molecular flexibility index (Phi) is 3.09. The van der Waals surface area contributed by atoms with Crippen LogP contribution in [0.15, 0.2) is 24.3 Å². The van der Waals surface area contributed by atoms with Gasteiger partial charge in [0.2, 0.25) is 0 Å². The van der Waals surface area contributed by atoms with E-state index < -0.39 is 17.3 Å². The Hall–Kier alpha value is -1.03. The van der Waals surface area contributed by atoms with Crippen LogP contribution in [0.5, 0.6) is 0 Å². The lowest BCUT2D eigenvalue weighted by Crippen LogP contribution is -2.19. The van der Waals surface area contributed by atoms with E-state index in [0.717, 1.165) is 12.1 Å². The van der Waals surface area contributed by atoms with E-state index in [1.807, 2.05) is 0 Å². The number of alkyl halides is 3. The second-order valence-corrected chi connectivity index (χ2v) is 3.92. The maximum absolute atomic E-state index is 12.2. The van der Waals surface area contributed by atoms with Crippen molar-refractivity contribution in [2.24, 2.45) is 0 Å². The summed E-state index contributed by atoms with van der Waals surface area (Å²) in [4.78, 5) is 0. The van der Waals surface area contributed by atoms with Crippen LogP contribution < -0.4 is 0 Å². The van der Waals surface area contributed by atoms with Crippen molar-refractivity contribution in [3.05, 3.63) is 41.8 Å². The zero-order chi connectivity index (χ0) is 11.7. The van der Waals surface area contributed by atoms with Crippen LogP contribution >= 0.6 is 0 Å². The van der Waals surface area contributed by atoms with E-state index >= 15 is 0 Å². The molecule has 0 spiro atoms. The highest BCUT2D eigenvalue weighted by Gasteiger charge is 2.30. The zero-order valence-electron chi connectivity index (χ0n) is 8.47. The minimum absolute atomic E-state index is 0.565. The van der Waals surface area contributed by atoms with Gasteiger partial charge in [0.25, 0.3) is 0 Å². The lowest BCUT2D eigenvalue weighted by molar-refractivity contribution is -0.137. The van der Waals surface area contributed by atoms with Crippen molar-refractivity contribution < 1.29 is 18.3 Å². The molecule has 0 bridgehead atoms. The molecule has 0 aliphatic rings. The lowest BCUT2D eigenvalue weighted by atomic mass is 9.98. The van der Waals surface area contributed by atoms with E-state index in [0.29, 0.717) is 5.56 Å². The molecule has 1 aromatic carbocycles. The van der Waals surface area contributed by atoms with E-state index in [4.69, 9.17) is 0 Å². The van der Waals surface area contributed by atoms with Gasteiger partial charge in [0.1, 0.15) is 0 Å². The molecule has 0 amide bonds. The van der Waals surface area contributed by atoms with Gasteiger partial charge in [-0.1, -0.05) is 12.1 Å². The summed E-state index contributed by atoms with van der Waals surface area (Å²) in [5.74, 6) is 0. The molecular formula is C11H12F3O. The van der Waals surface area contributed by atoms with Gasteiger partial charge in [-0.25, -0.2) is 0 Å². The van der Waals surface area contributed by atoms with Crippen molar-refractivity contribution in [2.45, 2.75) is 25.6 Å². The Balaban J connectivity index is 2.82. The maximum Gasteiger partial charge on any atom is 0.416 e. The Labute approximate surface area is 86.5 Å². The first-order valence-electron chi connectivity index (χ1n) is 4.44. The van der Waals surface area contributed by atoms with Crippen LogP contribution in [0, 0.1) is 6.42 Å². The van der Waals surface area contributed by atoms with Crippen LogP contribution in [0.3, 0.4) is 0 Å². The van der Waals surface area contributed by atoms with Crippen molar-refractivity contribution in [3.8, 4) is 0 Å². The molecule has 0 fully saturated rings. The second kappa shape index (κ2) is 3.85. The van der Waals surface area contributed by atoms with Gasteiger partial charge in [0, 0.05) is 6.42 Å². The van der Waals surface area contributed by atoms with Crippen LogP contribution in [0.4, 0.5) is 13.2 Å². The van der Waals surface area contributed by atoms with Crippen LogP contribution in [-0.2, 0) is 6.18 Å². The van der Waals surface area contributed by atoms with Gasteiger partial charge in [-0.2, -0.15) is 13.2 Å². The topological polar surface area (TPSA) is 20.2 Å². The molecule has 83 valence electrons. The summed E-state index contributed by atoms with van der Waals surface area (Å²) in [7, 11) is 0. The lowest BCUT2D eigenvalue weighted by Gasteiger charge is -2.16. The molecule has 0 aliphatic carbocycles. The molecule has 0 aliphatic heterocycles. The standard InChI is InChI=1S/C11H12F3O/c1-10(2,15)7-8-3-5-9(6-4-8)11(12,13)14/h3-7,15H,1-2H3. The fourth-order valence-electron chi connectivity index (χ4n) is 1.18. The third-order valence-corrected chi connectivity index (χ3v) is 1.76. The van der Waals surface area contributed by atoms with Crippen molar-refractivity contribution in [1.29, 1.82) is 0 Å². The van der Waals surface area contributed by atoms with E-state index in [1.165, 1.54) is 18.6 Å². The van der Waals surface area contributed by atoms with Gasteiger partial charge >= 0.3 is 6.18 Å². The molecule has 1 N–H and O–H groups in total. The molecule has 1 radical (unpaired) electrons. The number of halogens is 3. The summed E-state index contributed by atoms with van der Waals surface area (Å²) in [6.07, 6.45) is -2.82. The Morgan fingerprint density at radius 3 is 1.87 bits per heavy atom. The highest BCUT2D eigenvalue weighted by Crippen LogP contribution is 2.29. The maximum atomic E-state index is 12.2.